The molecule has 0 bridgehead atoms. The average Bonchev–Trinajstić information content (AvgIpc) is 3.42. The van der Waals surface area contributed by atoms with Crippen LogP contribution in [0.5, 0.6) is 0 Å². The molecule has 8 nitrogen and oxygen atoms in total. The van der Waals surface area contributed by atoms with Crippen LogP contribution in [-0.2, 0) is 4.79 Å². The van der Waals surface area contributed by atoms with Gasteiger partial charge in [0.1, 0.15) is 11.6 Å². The number of aliphatic carboxylic acids is 1. The number of anilines is 3. The predicted octanol–water partition coefficient (Wildman–Crippen LogP) is 1.66. The van der Waals surface area contributed by atoms with Crippen LogP contribution in [0.4, 0.5) is 17.6 Å². The topological polar surface area (TPSA) is 76.0 Å². The average molecular weight is 389 g/mol. The third-order valence-corrected chi connectivity index (χ3v) is 6.07. The molecular weight excluding hydrogens is 356 g/mol. The van der Waals surface area contributed by atoms with Gasteiger partial charge in [-0.15, -0.1) is 0 Å². The molecule has 3 aliphatic heterocycles. The summed E-state index contributed by atoms with van der Waals surface area (Å²) < 4.78 is 0. The lowest BCUT2D eigenvalue weighted by Crippen LogP contribution is -2.47. The number of carbonyl (C=O) groups is 1. The summed E-state index contributed by atoms with van der Waals surface area (Å²) >= 11 is 0. The maximum atomic E-state index is 10.7. The van der Waals surface area contributed by atoms with Crippen LogP contribution in [-0.4, -0.2) is 84.8 Å². The standard InChI is InChI=1S/C20H32N6O2/c27-19(28)6-5-7-23-12-14-25(15-13-23)18-16-17(24-8-1-2-9-24)21-20(22-18)26-10-3-4-11-26/h16H,1-15H2,(H,27,28). The van der Waals surface area contributed by atoms with Crippen LogP contribution in [0.2, 0.25) is 0 Å². The minimum atomic E-state index is -0.705. The van der Waals surface area contributed by atoms with E-state index in [1.54, 1.807) is 0 Å². The molecule has 4 rings (SSSR count). The highest BCUT2D eigenvalue weighted by atomic mass is 16.4. The second-order valence-corrected chi connectivity index (χ2v) is 8.10. The molecule has 0 atom stereocenters. The molecule has 0 spiro atoms. The van der Waals surface area contributed by atoms with Crippen molar-refractivity contribution in [1.82, 2.24) is 14.9 Å². The van der Waals surface area contributed by atoms with E-state index in [9.17, 15) is 4.79 Å². The van der Waals surface area contributed by atoms with E-state index in [4.69, 9.17) is 15.1 Å². The van der Waals surface area contributed by atoms with Gasteiger partial charge in [-0.1, -0.05) is 0 Å². The zero-order chi connectivity index (χ0) is 19.3. The molecule has 3 aliphatic rings. The number of nitrogens with zero attached hydrogens (tertiary/aromatic N) is 6. The molecule has 1 aromatic heterocycles. The molecule has 28 heavy (non-hydrogen) atoms. The summed E-state index contributed by atoms with van der Waals surface area (Å²) in [5.74, 6) is 2.31. The molecule has 0 aromatic carbocycles. The Labute approximate surface area is 167 Å². The monoisotopic (exact) mass is 388 g/mol. The van der Waals surface area contributed by atoms with Gasteiger partial charge in [-0.25, -0.2) is 0 Å². The van der Waals surface area contributed by atoms with Crippen LogP contribution in [0.15, 0.2) is 6.07 Å². The maximum Gasteiger partial charge on any atom is 0.303 e. The smallest absolute Gasteiger partial charge is 0.303 e. The minimum absolute atomic E-state index is 0.254. The first-order valence-corrected chi connectivity index (χ1v) is 10.8. The highest BCUT2D eigenvalue weighted by Gasteiger charge is 2.24. The Morgan fingerprint density at radius 3 is 1.93 bits per heavy atom. The van der Waals surface area contributed by atoms with Gasteiger partial charge in [-0.3, -0.25) is 9.69 Å². The molecule has 8 heteroatoms. The van der Waals surface area contributed by atoms with Crippen molar-refractivity contribution in [2.75, 3.05) is 73.6 Å². The Kier molecular flexibility index (Phi) is 6.14. The number of carboxylic acid groups (broad SMARTS) is 1. The normalized spacial score (nSPS) is 20.9. The third-order valence-electron chi connectivity index (χ3n) is 6.07. The van der Waals surface area contributed by atoms with Crippen molar-refractivity contribution in [3.05, 3.63) is 6.07 Å². The van der Waals surface area contributed by atoms with Gasteiger partial charge in [0, 0.05) is 64.8 Å². The number of rotatable bonds is 7. The Balaban J connectivity index is 1.43. The second kappa shape index (κ2) is 8.94. The lowest BCUT2D eigenvalue weighted by atomic mass is 10.2. The SMILES string of the molecule is O=C(O)CCCN1CCN(c2cc(N3CCCC3)nc(N3CCCC3)n2)CC1. The summed E-state index contributed by atoms with van der Waals surface area (Å²) in [5.41, 5.74) is 0. The fraction of sp³-hybridized carbons (Fsp3) is 0.750. The van der Waals surface area contributed by atoms with Gasteiger partial charge in [0.2, 0.25) is 5.95 Å². The molecule has 0 amide bonds. The Morgan fingerprint density at radius 2 is 1.36 bits per heavy atom. The van der Waals surface area contributed by atoms with E-state index in [1.807, 2.05) is 0 Å². The van der Waals surface area contributed by atoms with E-state index in [2.05, 4.69) is 25.7 Å². The van der Waals surface area contributed by atoms with Crippen LogP contribution in [0.3, 0.4) is 0 Å². The number of carboxylic acids is 1. The van der Waals surface area contributed by atoms with Gasteiger partial charge in [0.25, 0.3) is 0 Å². The second-order valence-electron chi connectivity index (χ2n) is 8.10. The number of hydrogen-bond donors (Lipinski definition) is 1. The molecule has 0 radical (unpaired) electrons. The maximum absolute atomic E-state index is 10.7. The van der Waals surface area contributed by atoms with Crippen LogP contribution >= 0.6 is 0 Å². The highest BCUT2D eigenvalue weighted by Crippen LogP contribution is 2.27. The fourth-order valence-electron chi connectivity index (χ4n) is 4.39. The third kappa shape index (κ3) is 4.66. The molecule has 3 fully saturated rings. The van der Waals surface area contributed by atoms with E-state index in [1.165, 1.54) is 25.7 Å². The fourth-order valence-corrected chi connectivity index (χ4v) is 4.39. The lowest BCUT2D eigenvalue weighted by molar-refractivity contribution is -0.137. The Morgan fingerprint density at radius 1 is 0.821 bits per heavy atom. The van der Waals surface area contributed by atoms with Gasteiger partial charge >= 0.3 is 5.97 Å². The van der Waals surface area contributed by atoms with Crippen molar-refractivity contribution < 1.29 is 9.90 Å². The van der Waals surface area contributed by atoms with Crippen molar-refractivity contribution in [1.29, 1.82) is 0 Å². The molecule has 1 aromatic rings. The molecule has 154 valence electrons. The van der Waals surface area contributed by atoms with E-state index < -0.39 is 5.97 Å². The number of aromatic nitrogens is 2. The lowest BCUT2D eigenvalue weighted by Gasteiger charge is -2.36. The first-order chi connectivity index (χ1) is 13.7. The first kappa shape index (κ1) is 19.2. The van der Waals surface area contributed by atoms with Gasteiger partial charge < -0.3 is 19.8 Å². The summed E-state index contributed by atoms with van der Waals surface area (Å²) in [4.78, 5) is 30.0. The van der Waals surface area contributed by atoms with Gasteiger partial charge in [0.05, 0.1) is 0 Å². The minimum Gasteiger partial charge on any atom is -0.481 e. The van der Waals surface area contributed by atoms with Crippen molar-refractivity contribution in [2.45, 2.75) is 38.5 Å². The predicted molar refractivity (Wildman–Crippen MR) is 110 cm³/mol. The molecule has 4 heterocycles. The summed E-state index contributed by atoms with van der Waals surface area (Å²) in [6, 6.07) is 2.17. The van der Waals surface area contributed by atoms with Crippen LogP contribution in [0.25, 0.3) is 0 Å². The summed E-state index contributed by atoms with van der Waals surface area (Å²) in [6.07, 6.45) is 5.91. The van der Waals surface area contributed by atoms with Crippen LogP contribution in [0, 0.1) is 0 Å². The summed E-state index contributed by atoms with van der Waals surface area (Å²) in [7, 11) is 0. The van der Waals surface area contributed by atoms with Crippen LogP contribution in [0.1, 0.15) is 38.5 Å². The number of piperazine rings is 1. The first-order valence-electron chi connectivity index (χ1n) is 10.8. The van der Waals surface area contributed by atoms with Crippen molar-refractivity contribution in [3.8, 4) is 0 Å². The molecule has 3 saturated heterocycles. The molecule has 1 N–H and O–H groups in total. The van der Waals surface area contributed by atoms with Crippen molar-refractivity contribution >= 4 is 23.6 Å². The highest BCUT2D eigenvalue weighted by molar-refractivity contribution is 5.66. The molecule has 0 aliphatic carbocycles. The number of hydrogen-bond acceptors (Lipinski definition) is 7. The van der Waals surface area contributed by atoms with Gasteiger partial charge in [0.15, 0.2) is 0 Å². The summed E-state index contributed by atoms with van der Waals surface area (Å²) in [5, 5.41) is 8.82. The van der Waals surface area contributed by atoms with Gasteiger partial charge in [-0.2, -0.15) is 9.97 Å². The van der Waals surface area contributed by atoms with E-state index in [0.29, 0.717) is 0 Å². The quantitative estimate of drug-likeness (QED) is 0.756. The van der Waals surface area contributed by atoms with Crippen LogP contribution < -0.4 is 14.7 Å². The molecular formula is C20H32N6O2. The van der Waals surface area contributed by atoms with Crippen molar-refractivity contribution in [3.63, 3.8) is 0 Å². The Bertz CT molecular complexity index is 630. The molecule has 0 saturated carbocycles. The molecule has 0 unspecified atom stereocenters. The summed E-state index contributed by atoms with van der Waals surface area (Å²) in [6.45, 7) is 8.94. The van der Waals surface area contributed by atoms with E-state index in [-0.39, 0.29) is 6.42 Å². The zero-order valence-corrected chi connectivity index (χ0v) is 16.7. The van der Waals surface area contributed by atoms with Gasteiger partial charge in [-0.05, 0) is 38.6 Å². The Hall–Kier alpha value is -2.09. The van der Waals surface area contributed by atoms with Crippen molar-refractivity contribution in [2.24, 2.45) is 0 Å². The zero-order valence-electron chi connectivity index (χ0n) is 16.7. The largest absolute Gasteiger partial charge is 0.481 e. The van der Waals surface area contributed by atoms with E-state index in [0.717, 1.165) is 82.9 Å². The van der Waals surface area contributed by atoms with E-state index >= 15 is 0 Å².